The molecule has 2 unspecified atom stereocenters. The quantitative estimate of drug-likeness (QED) is 0.679. The molecule has 0 saturated carbocycles. The highest BCUT2D eigenvalue weighted by molar-refractivity contribution is 9.09. The number of hydrogen-bond acceptors (Lipinski definition) is 1. The summed E-state index contributed by atoms with van der Waals surface area (Å²) in [5.41, 5.74) is 0. The lowest BCUT2D eigenvalue weighted by Crippen LogP contribution is -2.19. The zero-order chi connectivity index (χ0) is 8.81. The Morgan fingerprint density at radius 2 is 2.33 bits per heavy atom. The zero-order valence-corrected chi connectivity index (χ0v) is 9.48. The van der Waals surface area contributed by atoms with Gasteiger partial charge >= 0.3 is 0 Å². The van der Waals surface area contributed by atoms with Crippen LogP contribution in [0.4, 0.5) is 0 Å². The van der Waals surface area contributed by atoms with Crippen molar-refractivity contribution in [3.05, 3.63) is 0 Å². The Morgan fingerprint density at radius 3 is 2.92 bits per heavy atom. The molecule has 1 rings (SSSR count). The molecular weight excluding hydrogens is 216 g/mol. The maximum absolute atomic E-state index is 5.66. The Hall–Kier alpha value is 0.440. The van der Waals surface area contributed by atoms with Crippen LogP contribution in [-0.4, -0.2) is 18.0 Å². The Bertz CT molecular complexity index is 110. The van der Waals surface area contributed by atoms with E-state index in [9.17, 15) is 0 Å². The molecule has 0 radical (unpaired) electrons. The van der Waals surface area contributed by atoms with E-state index in [4.69, 9.17) is 4.74 Å². The predicted molar refractivity (Wildman–Crippen MR) is 55.8 cm³/mol. The number of alkyl halides is 1. The Morgan fingerprint density at radius 1 is 1.50 bits per heavy atom. The van der Waals surface area contributed by atoms with E-state index >= 15 is 0 Å². The second-order valence-corrected chi connectivity index (χ2v) is 4.47. The minimum Gasteiger partial charge on any atom is -0.378 e. The van der Waals surface area contributed by atoms with Gasteiger partial charge in [-0.3, -0.25) is 0 Å². The van der Waals surface area contributed by atoms with Gasteiger partial charge in [-0.05, 0) is 38.0 Å². The summed E-state index contributed by atoms with van der Waals surface area (Å²) >= 11 is 3.50. The summed E-state index contributed by atoms with van der Waals surface area (Å²) in [6.45, 7) is 3.28. The monoisotopic (exact) mass is 234 g/mol. The molecule has 0 aromatic heterocycles. The topological polar surface area (TPSA) is 9.23 Å². The molecule has 0 aromatic rings. The van der Waals surface area contributed by atoms with E-state index in [1.165, 1.54) is 32.1 Å². The molecule has 12 heavy (non-hydrogen) atoms. The highest BCUT2D eigenvalue weighted by atomic mass is 79.9. The molecule has 1 aliphatic heterocycles. The Balaban J connectivity index is 2.05. The molecule has 2 heteroatoms. The number of halogens is 1. The molecule has 2 atom stereocenters. The lowest BCUT2D eigenvalue weighted by Gasteiger charge is -2.23. The number of ether oxygens (including phenoxy) is 1. The lowest BCUT2D eigenvalue weighted by molar-refractivity contribution is 0.00842. The molecular formula is C10H19BrO. The van der Waals surface area contributed by atoms with Gasteiger partial charge in [-0.15, -0.1) is 0 Å². The standard InChI is InChI=1S/C10H19BrO/c1-9(8-11)5-6-10-4-2-3-7-12-10/h9-10H,2-8H2,1H3. The zero-order valence-electron chi connectivity index (χ0n) is 7.89. The normalized spacial score (nSPS) is 27.0. The predicted octanol–water partition coefficient (Wildman–Crippen LogP) is 3.37. The first-order valence-corrected chi connectivity index (χ1v) is 6.12. The van der Waals surface area contributed by atoms with Crippen molar-refractivity contribution < 1.29 is 4.74 Å². The van der Waals surface area contributed by atoms with E-state index in [2.05, 4.69) is 22.9 Å². The first kappa shape index (κ1) is 10.5. The minimum atomic E-state index is 0.570. The van der Waals surface area contributed by atoms with Crippen molar-refractivity contribution >= 4 is 15.9 Å². The van der Waals surface area contributed by atoms with E-state index in [1.807, 2.05) is 0 Å². The van der Waals surface area contributed by atoms with Gasteiger partial charge in [-0.2, -0.15) is 0 Å². The average molecular weight is 235 g/mol. The fourth-order valence-electron chi connectivity index (χ4n) is 1.58. The summed E-state index contributed by atoms with van der Waals surface area (Å²) < 4.78 is 5.66. The summed E-state index contributed by atoms with van der Waals surface area (Å²) in [6, 6.07) is 0. The van der Waals surface area contributed by atoms with Crippen molar-refractivity contribution in [2.45, 2.75) is 45.1 Å². The van der Waals surface area contributed by atoms with Crippen LogP contribution in [0.25, 0.3) is 0 Å². The molecule has 1 nitrogen and oxygen atoms in total. The van der Waals surface area contributed by atoms with Gasteiger partial charge in [0.1, 0.15) is 0 Å². The third-order valence-electron chi connectivity index (χ3n) is 2.52. The molecule has 1 fully saturated rings. The smallest absolute Gasteiger partial charge is 0.0575 e. The van der Waals surface area contributed by atoms with E-state index in [0.29, 0.717) is 6.10 Å². The average Bonchev–Trinajstić information content (AvgIpc) is 2.16. The molecule has 0 N–H and O–H groups in total. The fraction of sp³-hybridized carbons (Fsp3) is 1.00. The molecule has 0 aliphatic carbocycles. The summed E-state index contributed by atoms with van der Waals surface area (Å²) in [4.78, 5) is 0. The molecule has 0 spiro atoms. The number of hydrogen-bond donors (Lipinski definition) is 0. The molecule has 1 saturated heterocycles. The molecule has 1 heterocycles. The van der Waals surface area contributed by atoms with E-state index in [1.54, 1.807) is 0 Å². The molecule has 0 bridgehead atoms. The number of rotatable bonds is 4. The van der Waals surface area contributed by atoms with Gasteiger partial charge in [0.05, 0.1) is 6.10 Å². The van der Waals surface area contributed by atoms with Crippen LogP contribution in [0.1, 0.15) is 39.0 Å². The van der Waals surface area contributed by atoms with Crippen LogP contribution < -0.4 is 0 Å². The summed E-state index contributed by atoms with van der Waals surface area (Å²) in [5.74, 6) is 0.801. The summed E-state index contributed by atoms with van der Waals surface area (Å²) in [6.07, 6.45) is 7.05. The van der Waals surface area contributed by atoms with Gasteiger partial charge in [0.15, 0.2) is 0 Å². The van der Waals surface area contributed by atoms with Crippen molar-refractivity contribution in [2.75, 3.05) is 11.9 Å². The highest BCUT2D eigenvalue weighted by Crippen LogP contribution is 2.19. The molecule has 72 valence electrons. The van der Waals surface area contributed by atoms with Crippen molar-refractivity contribution in [3.8, 4) is 0 Å². The first-order valence-electron chi connectivity index (χ1n) is 5.00. The minimum absolute atomic E-state index is 0.570. The van der Waals surface area contributed by atoms with Crippen LogP contribution in [0, 0.1) is 5.92 Å². The lowest BCUT2D eigenvalue weighted by atomic mass is 10.00. The van der Waals surface area contributed by atoms with Crippen LogP contribution in [0.2, 0.25) is 0 Å². The third kappa shape index (κ3) is 3.90. The van der Waals surface area contributed by atoms with Crippen LogP contribution in [0.5, 0.6) is 0 Å². The van der Waals surface area contributed by atoms with Gasteiger partial charge in [0.25, 0.3) is 0 Å². The van der Waals surface area contributed by atoms with Gasteiger partial charge in [-0.25, -0.2) is 0 Å². The Kier molecular flexibility index (Phi) is 5.24. The van der Waals surface area contributed by atoms with Crippen molar-refractivity contribution in [2.24, 2.45) is 5.92 Å². The van der Waals surface area contributed by atoms with Crippen LogP contribution in [-0.2, 0) is 4.74 Å². The van der Waals surface area contributed by atoms with Crippen LogP contribution in [0.3, 0.4) is 0 Å². The van der Waals surface area contributed by atoms with Crippen LogP contribution in [0.15, 0.2) is 0 Å². The van der Waals surface area contributed by atoms with Gasteiger partial charge in [0.2, 0.25) is 0 Å². The molecule has 1 aliphatic rings. The fourth-order valence-corrected chi connectivity index (χ4v) is 1.91. The second kappa shape index (κ2) is 5.98. The van der Waals surface area contributed by atoms with Crippen molar-refractivity contribution in [1.29, 1.82) is 0 Å². The van der Waals surface area contributed by atoms with Crippen LogP contribution >= 0.6 is 15.9 Å². The molecule has 0 amide bonds. The van der Waals surface area contributed by atoms with Gasteiger partial charge in [-0.1, -0.05) is 22.9 Å². The Labute approximate surface area is 84.0 Å². The van der Waals surface area contributed by atoms with E-state index in [-0.39, 0.29) is 0 Å². The summed E-state index contributed by atoms with van der Waals surface area (Å²) in [7, 11) is 0. The SMILES string of the molecule is CC(CBr)CCC1CCCCO1. The maximum Gasteiger partial charge on any atom is 0.0575 e. The summed E-state index contributed by atoms with van der Waals surface area (Å²) in [5, 5.41) is 1.12. The van der Waals surface area contributed by atoms with E-state index in [0.717, 1.165) is 17.9 Å². The molecule has 0 aromatic carbocycles. The maximum atomic E-state index is 5.66. The largest absolute Gasteiger partial charge is 0.378 e. The highest BCUT2D eigenvalue weighted by Gasteiger charge is 2.14. The second-order valence-electron chi connectivity index (χ2n) is 3.83. The van der Waals surface area contributed by atoms with Gasteiger partial charge in [0, 0.05) is 11.9 Å². The van der Waals surface area contributed by atoms with Crippen molar-refractivity contribution in [3.63, 3.8) is 0 Å². The first-order chi connectivity index (χ1) is 5.83. The van der Waals surface area contributed by atoms with Gasteiger partial charge < -0.3 is 4.74 Å². The third-order valence-corrected chi connectivity index (χ3v) is 3.62. The van der Waals surface area contributed by atoms with Crippen molar-refractivity contribution in [1.82, 2.24) is 0 Å². The van der Waals surface area contributed by atoms with E-state index < -0.39 is 0 Å².